The van der Waals surface area contributed by atoms with Crippen molar-refractivity contribution in [3.05, 3.63) is 30.3 Å². The van der Waals surface area contributed by atoms with E-state index >= 15 is 0 Å². The molecule has 1 aliphatic heterocycles. The number of carbonyl (C=O) groups is 1. The fraction of sp³-hybridized carbons (Fsp3) is 0.462. The first-order valence-corrected chi connectivity index (χ1v) is 6.19. The van der Waals surface area contributed by atoms with Gasteiger partial charge in [0.05, 0.1) is 0 Å². The van der Waals surface area contributed by atoms with Crippen LogP contribution in [0.25, 0.3) is 0 Å². The molecule has 2 rings (SSSR count). The molecule has 1 aromatic carbocycles. The summed E-state index contributed by atoms with van der Waals surface area (Å²) in [4.78, 5) is 15.7. The molecule has 1 saturated heterocycles. The highest BCUT2D eigenvalue weighted by atomic mass is 16.3. The Balaban J connectivity index is 1.90. The summed E-state index contributed by atoms with van der Waals surface area (Å²) in [5.74, 6) is -0.259. The molecule has 1 aromatic rings. The third-order valence-electron chi connectivity index (χ3n) is 3.22. The molecule has 0 aromatic heterocycles. The van der Waals surface area contributed by atoms with E-state index in [4.69, 9.17) is 5.73 Å². The first-order valence-electron chi connectivity index (χ1n) is 6.19. The van der Waals surface area contributed by atoms with Crippen LogP contribution in [0.4, 0.5) is 5.69 Å². The molecular formula is C13H19N3O2. The van der Waals surface area contributed by atoms with Gasteiger partial charge in [0.1, 0.15) is 6.10 Å². The van der Waals surface area contributed by atoms with E-state index in [1.54, 1.807) is 4.90 Å². The summed E-state index contributed by atoms with van der Waals surface area (Å²) in [7, 11) is 0. The number of nitrogens with zero attached hydrogens (tertiary/aromatic N) is 2. The van der Waals surface area contributed by atoms with Crippen LogP contribution in [-0.2, 0) is 4.79 Å². The molecule has 5 heteroatoms. The maximum absolute atomic E-state index is 11.7. The number of rotatable bonds is 3. The molecule has 1 heterocycles. The number of para-hydroxylation sites is 1. The summed E-state index contributed by atoms with van der Waals surface area (Å²) >= 11 is 0. The van der Waals surface area contributed by atoms with Crippen LogP contribution < -0.4 is 10.6 Å². The highest BCUT2D eigenvalue weighted by Crippen LogP contribution is 2.15. The summed E-state index contributed by atoms with van der Waals surface area (Å²) in [6, 6.07) is 10.1. The highest BCUT2D eigenvalue weighted by Gasteiger charge is 2.25. The monoisotopic (exact) mass is 249 g/mol. The molecule has 1 aliphatic rings. The Bertz CT molecular complexity index is 388. The zero-order valence-corrected chi connectivity index (χ0v) is 10.3. The van der Waals surface area contributed by atoms with Gasteiger partial charge >= 0.3 is 0 Å². The van der Waals surface area contributed by atoms with E-state index in [0.29, 0.717) is 13.1 Å². The molecule has 0 radical (unpaired) electrons. The van der Waals surface area contributed by atoms with Gasteiger partial charge in [0.2, 0.25) is 0 Å². The average molecular weight is 249 g/mol. The lowest BCUT2D eigenvalue weighted by Gasteiger charge is -2.36. The van der Waals surface area contributed by atoms with Crippen LogP contribution >= 0.6 is 0 Å². The molecular weight excluding hydrogens is 230 g/mol. The second-order valence-electron chi connectivity index (χ2n) is 4.40. The van der Waals surface area contributed by atoms with Gasteiger partial charge in [0, 0.05) is 38.4 Å². The van der Waals surface area contributed by atoms with Crippen LogP contribution in [0, 0.1) is 0 Å². The Morgan fingerprint density at radius 3 is 2.39 bits per heavy atom. The lowest BCUT2D eigenvalue weighted by molar-refractivity contribution is -0.139. The summed E-state index contributed by atoms with van der Waals surface area (Å²) < 4.78 is 0. The quantitative estimate of drug-likeness (QED) is 0.768. The molecule has 0 saturated carbocycles. The number of piperazine rings is 1. The van der Waals surface area contributed by atoms with Gasteiger partial charge in [-0.15, -0.1) is 0 Å². The van der Waals surface area contributed by atoms with Crippen molar-refractivity contribution in [2.45, 2.75) is 6.10 Å². The lowest BCUT2D eigenvalue weighted by Crippen LogP contribution is -2.52. The molecule has 18 heavy (non-hydrogen) atoms. The van der Waals surface area contributed by atoms with E-state index in [9.17, 15) is 9.90 Å². The topological polar surface area (TPSA) is 69.8 Å². The first kappa shape index (κ1) is 12.9. The zero-order chi connectivity index (χ0) is 13.0. The number of nitrogens with two attached hydrogens (primary N) is 1. The van der Waals surface area contributed by atoms with E-state index in [1.165, 1.54) is 5.69 Å². The maximum atomic E-state index is 11.7. The number of benzene rings is 1. The van der Waals surface area contributed by atoms with Gasteiger partial charge in [-0.1, -0.05) is 18.2 Å². The number of hydrogen-bond donors (Lipinski definition) is 2. The second-order valence-corrected chi connectivity index (χ2v) is 4.40. The third-order valence-corrected chi connectivity index (χ3v) is 3.22. The predicted octanol–water partition coefficient (Wildman–Crippen LogP) is -0.345. The Morgan fingerprint density at radius 1 is 1.22 bits per heavy atom. The summed E-state index contributed by atoms with van der Waals surface area (Å²) in [5.41, 5.74) is 6.46. The van der Waals surface area contributed by atoms with E-state index in [1.807, 2.05) is 18.2 Å². The maximum Gasteiger partial charge on any atom is 0.252 e. The van der Waals surface area contributed by atoms with Gasteiger partial charge in [-0.05, 0) is 12.1 Å². The van der Waals surface area contributed by atoms with Crippen LogP contribution in [0.3, 0.4) is 0 Å². The smallest absolute Gasteiger partial charge is 0.252 e. The van der Waals surface area contributed by atoms with Crippen LogP contribution in [0.1, 0.15) is 0 Å². The van der Waals surface area contributed by atoms with E-state index < -0.39 is 6.10 Å². The number of hydrogen-bond acceptors (Lipinski definition) is 4. The fourth-order valence-electron chi connectivity index (χ4n) is 2.14. The minimum Gasteiger partial charge on any atom is -0.382 e. The van der Waals surface area contributed by atoms with Crippen molar-refractivity contribution in [2.24, 2.45) is 5.73 Å². The lowest BCUT2D eigenvalue weighted by atomic mass is 10.2. The molecule has 3 N–H and O–H groups in total. The van der Waals surface area contributed by atoms with Crippen molar-refractivity contribution in [1.82, 2.24) is 4.90 Å². The standard InChI is InChI=1S/C13H19N3O2/c14-10-12(17)13(18)16-8-6-15(7-9-16)11-4-2-1-3-5-11/h1-5,12,17H,6-10,14H2. The van der Waals surface area contributed by atoms with Crippen LogP contribution in [0.15, 0.2) is 30.3 Å². The summed E-state index contributed by atoms with van der Waals surface area (Å²) in [6.45, 7) is 2.81. The summed E-state index contributed by atoms with van der Waals surface area (Å²) in [5, 5.41) is 9.43. The molecule has 5 nitrogen and oxygen atoms in total. The fourth-order valence-corrected chi connectivity index (χ4v) is 2.14. The van der Waals surface area contributed by atoms with Crippen molar-refractivity contribution in [3.8, 4) is 0 Å². The number of aliphatic hydroxyl groups excluding tert-OH is 1. The Kier molecular flexibility index (Phi) is 4.17. The minimum absolute atomic E-state index is 0.0161. The van der Waals surface area contributed by atoms with E-state index in [0.717, 1.165) is 13.1 Å². The van der Waals surface area contributed by atoms with E-state index in [2.05, 4.69) is 17.0 Å². The van der Waals surface area contributed by atoms with Crippen LogP contribution in [0.5, 0.6) is 0 Å². The van der Waals surface area contributed by atoms with Crippen LogP contribution in [-0.4, -0.2) is 54.7 Å². The number of anilines is 1. The predicted molar refractivity (Wildman–Crippen MR) is 70.3 cm³/mol. The molecule has 1 atom stereocenters. The van der Waals surface area contributed by atoms with Gasteiger partial charge in [-0.2, -0.15) is 0 Å². The molecule has 1 fully saturated rings. The van der Waals surface area contributed by atoms with Gasteiger partial charge in [-0.3, -0.25) is 4.79 Å². The molecule has 98 valence electrons. The third kappa shape index (κ3) is 2.80. The normalized spacial score (nSPS) is 17.7. The van der Waals surface area contributed by atoms with Gasteiger partial charge in [0.15, 0.2) is 0 Å². The molecule has 1 amide bonds. The molecule has 1 unspecified atom stereocenters. The number of amides is 1. The van der Waals surface area contributed by atoms with Crippen molar-refractivity contribution in [2.75, 3.05) is 37.6 Å². The molecule has 0 spiro atoms. The van der Waals surface area contributed by atoms with Gasteiger partial charge in [0.25, 0.3) is 5.91 Å². The molecule has 0 bridgehead atoms. The van der Waals surface area contributed by atoms with Crippen LogP contribution in [0.2, 0.25) is 0 Å². The molecule has 0 aliphatic carbocycles. The highest BCUT2D eigenvalue weighted by molar-refractivity contribution is 5.81. The zero-order valence-electron chi connectivity index (χ0n) is 10.3. The van der Waals surface area contributed by atoms with Crippen molar-refractivity contribution < 1.29 is 9.90 Å². The van der Waals surface area contributed by atoms with Gasteiger partial charge in [-0.25, -0.2) is 0 Å². The number of carbonyl (C=O) groups excluding carboxylic acids is 1. The van der Waals surface area contributed by atoms with Crippen molar-refractivity contribution >= 4 is 11.6 Å². The first-order chi connectivity index (χ1) is 8.72. The number of aliphatic hydroxyl groups is 1. The van der Waals surface area contributed by atoms with Crippen molar-refractivity contribution in [3.63, 3.8) is 0 Å². The Labute approximate surface area is 107 Å². The van der Waals surface area contributed by atoms with E-state index in [-0.39, 0.29) is 12.5 Å². The second kappa shape index (κ2) is 5.84. The SMILES string of the molecule is NCC(O)C(=O)N1CCN(c2ccccc2)CC1. The average Bonchev–Trinajstić information content (AvgIpc) is 2.47. The van der Waals surface area contributed by atoms with Gasteiger partial charge < -0.3 is 20.6 Å². The summed E-state index contributed by atoms with van der Waals surface area (Å²) in [6.07, 6.45) is -1.06. The Morgan fingerprint density at radius 2 is 1.83 bits per heavy atom. The minimum atomic E-state index is -1.06. The van der Waals surface area contributed by atoms with Crippen molar-refractivity contribution in [1.29, 1.82) is 0 Å². The largest absolute Gasteiger partial charge is 0.382 e. The Hall–Kier alpha value is -1.59.